The Morgan fingerprint density at radius 1 is 1.48 bits per heavy atom. The number of hydrogen-bond donors (Lipinski definition) is 3. The molecule has 2 aromatic rings. The second-order valence-electron chi connectivity index (χ2n) is 4.40. The van der Waals surface area contributed by atoms with Crippen LogP contribution in [-0.4, -0.2) is 26.7 Å². The minimum absolute atomic E-state index is 0.0884. The molecule has 1 aromatic heterocycles. The van der Waals surface area contributed by atoms with Crippen LogP contribution in [0.4, 0.5) is 5.69 Å². The third kappa shape index (κ3) is 3.05. The van der Waals surface area contributed by atoms with Crippen LogP contribution in [0.1, 0.15) is 21.6 Å². The number of carbonyl (C=O) groups excluding carboxylic acids is 1. The van der Waals surface area contributed by atoms with Crippen LogP contribution in [0, 0.1) is 6.92 Å². The molecule has 2 rings (SSSR count). The van der Waals surface area contributed by atoms with E-state index in [0.29, 0.717) is 16.8 Å². The van der Waals surface area contributed by atoms with E-state index < -0.39 is 0 Å². The molecule has 0 aliphatic rings. The number of oxime groups is 1. The number of nitrogens with one attached hydrogen (secondary N) is 1. The van der Waals surface area contributed by atoms with Crippen molar-refractivity contribution in [3.05, 3.63) is 45.7 Å². The van der Waals surface area contributed by atoms with Crippen molar-refractivity contribution in [2.75, 3.05) is 5.32 Å². The van der Waals surface area contributed by atoms with Gasteiger partial charge in [-0.05, 0) is 25.1 Å². The number of hydrogen-bond acceptors (Lipinski definition) is 4. The van der Waals surface area contributed by atoms with Crippen molar-refractivity contribution in [3.8, 4) is 0 Å². The number of amides is 1. The van der Waals surface area contributed by atoms with Crippen molar-refractivity contribution in [3.63, 3.8) is 0 Å². The zero-order valence-electron chi connectivity index (χ0n) is 11.5. The number of nitrogens with two attached hydrogens (primary N) is 1. The van der Waals surface area contributed by atoms with Gasteiger partial charge in [0.15, 0.2) is 5.84 Å². The third-order valence-electron chi connectivity index (χ3n) is 3.09. The summed E-state index contributed by atoms with van der Waals surface area (Å²) in [5.74, 6) is -0.399. The summed E-state index contributed by atoms with van der Waals surface area (Å²) in [6.07, 6.45) is 1.49. The Morgan fingerprint density at radius 2 is 2.19 bits per heavy atom. The van der Waals surface area contributed by atoms with Gasteiger partial charge in [0.05, 0.1) is 17.4 Å². The molecular weight excluding hydrogens is 338 g/mol. The first-order valence-corrected chi connectivity index (χ1v) is 6.80. The van der Waals surface area contributed by atoms with Crippen LogP contribution >= 0.6 is 15.9 Å². The molecule has 0 bridgehead atoms. The van der Waals surface area contributed by atoms with Gasteiger partial charge in [-0.2, -0.15) is 5.10 Å². The molecule has 0 radical (unpaired) electrons. The molecule has 0 aliphatic carbocycles. The van der Waals surface area contributed by atoms with Gasteiger partial charge < -0.3 is 16.3 Å². The smallest absolute Gasteiger partial charge is 0.259 e. The summed E-state index contributed by atoms with van der Waals surface area (Å²) in [5.41, 5.74) is 7.70. The van der Waals surface area contributed by atoms with Crippen molar-refractivity contribution in [2.45, 2.75) is 6.92 Å². The average molecular weight is 352 g/mol. The van der Waals surface area contributed by atoms with Gasteiger partial charge in [-0.1, -0.05) is 21.1 Å². The lowest BCUT2D eigenvalue weighted by molar-refractivity contribution is 0.102. The number of anilines is 1. The number of rotatable bonds is 3. The number of benzene rings is 1. The summed E-state index contributed by atoms with van der Waals surface area (Å²) in [5, 5.41) is 18.6. The van der Waals surface area contributed by atoms with E-state index in [4.69, 9.17) is 10.9 Å². The van der Waals surface area contributed by atoms with E-state index in [-0.39, 0.29) is 11.7 Å². The zero-order valence-corrected chi connectivity index (χ0v) is 13.0. The van der Waals surface area contributed by atoms with E-state index in [2.05, 4.69) is 31.5 Å². The number of nitrogens with zero attached hydrogens (tertiary/aromatic N) is 3. The number of amidine groups is 1. The largest absolute Gasteiger partial charge is 0.409 e. The summed E-state index contributed by atoms with van der Waals surface area (Å²) in [7, 11) is 1.76. The van der Waals surface area contributed by atoms with Crippen molar-refractivity contribution < 1.29 is 10.0 Å². The second kappa shape index (κ2) is 5.96. The molecule has 8 heteroatoms. The molecule has 0 aliphatic heterocycles. The fraction of sp³-hybridized carbons (Fsp3) is 0.154. The van der Waals surface area contributed by atoms with Gasteiger partial charge in [-0.25, -0.2) is 0 Å². The summed E-state index contributed by atoms with van der Waals surface area (Å²) >= 11 is 3.30. The number of aryl methyl sites for hydroxylation is 1. The number of aromatic nitrogens is 2. The molecule has 0 unspecified atom stereocenters. The Labute approximate surface area is 129 Å². The van der Waals surface area contributed by atoms with Crippen molar-refractivity contribution in [2.24, 2.45) is 17.9 Å². The molecule has 1 aromatic carbocycles. The maximum atomic E-state index is 12.3. The molecule has 0 fully saturated rings. The molecule has 21 heavy (non-hydrogen) atoms. The summed E-state index contributed by atoms with van der Waals surface area (Å²) in [6.45, 7) is 1.80. The quantitative estimate of drug-likeness (QED) is 0.339. The highest BCUT2D eigenvalue weighted by molar-refractivity contribution is 9.10. The van der Waals surface area contributed by atoms with E-state index >= 15 is 0 Å². The van der Waals surface area contributed by atoms with Crippen molar-refractivity contribution in [1.82, 2.24) is 9.78 Å². The first-order valence-electron chi connectivity index (χ1n) is 6.01. The van der Waals surface area contributed by atoms with Gasteiger partial charge in [-0.15, -0.1) is 0 Å². The molecule has 1 amide bonds. The SMILES string of the molecule is Cc1c(C(=O)Nc2ccc(Br)cc2/C(N)=N/O)cnn1C. The molecule has 0 saturated carbocycles. The molecular formula is C13H14BrN5O2. The number of carbonyl (C=O) groups is 1. The van der Waals surface area contributed by atoms with E-state index in [1.54, 1.807) is 36.9 Å². The van der Waals surface area contributed by atoms with Gasteiger partial charge in [-0.3, -0.25) is 9.48 Å². The van der Waals surface area contributed by atoms with Gasteiger partial charge in [0.25, 0.3) is 5.91 Å². The second-order valence-corrected chi connectivity index (χ2v) is 5.31. The Balaban J connectivity index is 2.36. The minimum Gasteiger partial charge on any atom is -0.409 e. The normalized spacial score (nSPS) is 11.5. The minimum atomic E-state index is -0.310. The molecule has 0 atom stereocenters. The first kappa shape index (κ1) is 15.0. The van der Waals surface area contributed by atoms with Crippen LogP contribution in [0.15, 0.2) is 34.0 Å². The van der Waals surface area contributed by atoms with E-state index in [0.717, 1.165) is 10.2 Å². The molecule has 4 N–H and O–H groups in total. The molecule has 110 valence electrons. The van der Waals surface area contributed by atoms with Crippen LogP contribution in [-0.2, 0) is 7.05 Å². The molecule has 0 spiro atoms. The topological polar surface area (TPSA) is 106 Å². The zero-order chi connectivity index (χ0) is 15.6. The summed E-state index contributed by atoms with van der Waals surface area (Å²) in [4.78, 5) is 12.3. The Bertz CT molecular complexity index is 723. The summed E-state index contributed by atoms with van der Waals surface area (Å²) < 4.78 is 2.36. The Morgan fingerprint density at radius 3 is 2.76 bits per heavy atom. The Kier molecular flexibility index (Phi) is 4.27. The highest BCUT2D eigenvalue weighted by Crippen LogP contribution is 2.22. The standard InChI is InChI=1S/C13H14BrN5O2/c1-7-10(6-16-19(7)2)13(20)17-11-4-3-8(14)5-9(11)12(15)18-21/h3-6,21H,1-2H3,(H2,15,18)(H,17,20). The monoisotopic (exact) mass is 351 g/mol. The fourth-order valence-corrected chi connectivity index (χ4v) is 2.16. The Hall–Kier alpha value is -2.35. The van der Waals surface area contributed by atoms with Crippen LogP contribution in [0.25, 0.3) is 0 Å². The number of halogens is 1. The maximum Gasteiger partial charge on any atom is 0.259 e. The lowest BCUT2D eigenvalue weighted by Gasteiger charge is -2.10. The van der Waals surface area contributed by atoms with E-state index in [1.165, 1.54) is 6.20 Å². The highest BCUT2D eigenvalue weighted by Gasteiger charge is 2.16. The lowest BCUT2D eigenvalue weighted by atomic mass is 10.1. The fourth-order valence-electron chi connectivity index (χ4n) is 1.80. The molecule has 1 heterocycles. The average Bonchev–Trinajstić information content (AvgIpc) is 2.80. The van der Waals surface area contributed by atoms with Crippen LogP contribution in [0.5, 0.6) is 0 Å². The predicted octanol–water partition coefficient (Wildman–Crippen LogP) is 1.84. The van der Waals surface area contributed by atoms with Gasteiger partial charge in [0.2, 0.25) is 0 Å². The predicted molar refractivity (Wildman–Crippen MR) is 82.6 cm³/mol. The molecule has 0 saturated heterocycles. The van der Waals surface area contributed by atoms with Gasteiger partial charge >= 0.3 is 0 Å². The van der Waals surface area contributed by atoms with Crippen LogP contribution < -0.4 is 11.1 Å². The molecule has 7 nitrogen and oxygen atoms in total. The highest BCUT2D eigenvalue weighted by atomic mass is 79.9. The van der Waals surface area contributed by atoms with E-state index in [9.17, 15) is 4.79 Å². The summed E-state index contributed by atoms with van der Waals surface area (Å²) in [6, 6.07) is 5.07. The van der Waals surface area contributed by atoms with Crippen molar-refractivity contribution in [1.29, 1.82) is 0 Å². The van der Waals surface area contributed by atoms with Crippen LogP contribution in [0.2, 0.25) is 0 Å². The first-order chi connectivity index (χ1) is 9.93. The van der Waals surface area contributed by atoms with E-state index in [1.807, 2.05) is 0 Å². The van der Waals surface area contributed by atoms with Gasteiger partial charge in [0.1, 0.15) is 0 Å². The van der Waals surface area contributed by atoms with Crippen molar-refractivity contribution >= 4 is 33.4 Å². The van der Waals surface area contributed by atoms with Gasteiger partial charge in [0, 0.05) is 22.8 Å². The third-order valence-corrected chi connectivity index (χ3v) is 3.59. The lowest BCUT2D eigenvalue weighted by Crippen LogP contribution is -2.19. The van der Waals surface area contributed by atoms with Crippen LogP contribution in [0.3, 0.4) is 0 Å². The maximum absolute atomic E-state index is 12.3.